The summed E-state index contributed by atoms with van der Waals surface area (Å²) in [5.41, 5.74) is 0. The van der Waals surface area contributed by atoms with Gasteiger partial charge in [-0.25, -0.2) is 0 Å². The van der Waals surface area contributed by atoms with Crippen LogP contribution in [-0.4, -0.2) is 37.2 Å². The van der Waals surface area contributed by atoms with E-state index in [2.05, 4.69) is 69.4 Å². The third kappa shape index (κ3) is 64.2. The van der Waals surface area contributed by atoms with E-state index in [4.69, 9.17) is 14.2 Å². The van der Waals surface area contributed by atoms with Gasteiger partial charge in [-0.15, -0.1) is 0 Å². The Labute approximate surface area is 486 Å². The Morgan fingerprint density at radius 2 is 0.462 bits per heavy atom. The summed E-state index contributed by atoms with van der Waals surface area (Å²) in [5.74, 6) is -0.864. The highest BCUT2D eigenvalue weighted by Gasteiger charge is 2.19. The summed E-state index contributed by atoms with van der Waals surface area (Å²) < 4.78 is 17.0. The first-order valence-electron chi connectivity index (χ1n) is 34.6. The Kier molecular flexibility index (Phi) is 64.6. The number of carbonyl (C=O) groups is 3. The molecule has 6 heteroatoms. The third-order valence-electron chi connectivity index (χ3n) is 15.5. The molecule has 0 amide bonds. The van der Waals surface area contributed by atoms with E-state index < -0.39 is 6.10 Å². The first-order valence-corrected chi connectivity index (χ1v) is 34.6. The average molecular weight is 1090 g/mol. The number of carbonyl (C=O) groups excluding carboxylic acids is 3. The van der Waals surface area contributed by atoms with Gasteiger partial charge in [0.05, 0.1) is 0 Å². The molecular formula is C72H132O6. The molecule has 1 unspecified atom stereocenters. The third-order valence-corrected chi connectivity index (χ3v) is 15.5. The Morgan fingerprint density at radius 1 is 0.256 bits per heavy atom. The molecule has 0 rings (SSSR count). The first-order chi connectivity index (χ1) is 38.5. The van der Waals surface area contributed by atoms with Crippen molar-refractivity contribution in [3.05, 3.63) is 48.6 Å². The molecule has 0 aliphatic rings. The van der Waals surface area contributed by atoms with Crippen LogP contribution in [0.5, 0.6) is 0 Å². The molecule has 0 aliphatic carbocycles. The lowest BCUT2D eigenvalue weighted by Crippen LogP contribution is -2.30. The summed E-state index contributed by atoms with van der Waals surface area (Å²) >= 11 is 0. The van der Waals surface area contributed by atoms with Crippen molar-refractivity contribution in [2.75, 3.05) is 13.2 Å². The van der Waals surface area contributed by atoms with Crippen molar-refractivity contribution in [1.29, 1.82) is 0 Å². The number of hydrogen-bond donors (Lipinski definition) is 0. The zero-order chi connectivity index (χ0) is 56.4. The van der Waals surface area contributed by atoms with E-state index in [1.807, 2.05) is 0 Å². The molecule has 0 N–H and O–H groups in total. The van der Waals surface area contributed by atoms with Gasteiger partial charge in [-0.2, -0.15) is 0 Å². The average Bonchev–Trinajstić information content (AvgIpc) is 3.44. The van der Waals surface area contributed by atoms with Crippen LogP contribution in [0, 0.1) is 0 Å². The smallest absolute Gasteiger partial charge is 0.306 e. The molecule has 6 nitrogen and oxygen atoms in total. The fourth-order valence-electron chi connectivity index (χ4n) is 10.3. The van der Waals surface area contributed by atoms with E-state index in [0.717, 1.165) is 70.6 Å². The number of esters is 3. The van der Waals surface area contributed by atoms with Crippen LogP contribution < -0.4 is 0 Å². The highest BCUT2D eigenvalue weighted by molar-refractivity contribution is 5.71. The van der Waals surface area contributed by atoms with E-state index in [9.17, 15) is 14.4 Å². The molecule has 1 atom stereocenters. The van der Waals surface area contributed by atoms with Gasteiger partial charge in [-0.1, -0.05) is 301 Å². The largest absolute Gasteiger partial charge is 0.462 e. The van der Waals surface area contributed by atoms with Crippen LogP contribution >= 0.6 is 0 Å². The van der Waals surface area contributed by atoms with Crippen molar-refractivity contribution >= 4 is 17.9 Å². The number of unbranched alkanes of at least 4 members (excludes halogenated alkanes) is 45. The Bertz CT molecular complexity index is 1350. The lowest BCUT2D eigenvalue weighted by Gasteiger charge is -2.18. The second-order valence-electron chi connectivity index (χ2n) is 23.4. The summed E-state index contributed by atoms with van der Waals surface area (Å²) in [6.45, 7) is 6.67. The molecular weight excluding hydrogens is 961 g/mol. The molecule has 0 heterocycles. The quantitative estimate of drug-likeness (QED) is 0.0261. The predicted molar refractivity (Wildman–Crippen MR) is 339 cm³/mol. The SMILES string of the molecule is CCCCCCC/C=C\C/C=C\CCCCCCCCCCCCCCCCCC(=O)OCC(COC(=O)CCCCCCC/C=C\CCCCCCCC)OC(=O)CCCCCCCCC/C=C\CCCCCCCCC. The topological polar surface area (TPSA) is 78.9 Å². The number of hydrogen-bond acceptors (Lipinski definition) is 6. The number of rotatable bonds is 64. The molecule has 0 aromatic carbocycles. The summed E-state index contributed by atoms with van der Waals surface area (Å²) in [7, 11) is 0. The van der Waals surface area contributed by atoms with Gasteiger partial charge in [0.2, 0.25) is 0 Å². The standard InChI is InChI=1S/C72H132O6/c1-4-7-10-13-16-19-22-25-28-30-32-33-34-35-36-37-38-39-40-42-44-47-50-53-56-59-62-65-71(74)77-68-69(67-76-70(73)64-61-58-55-52-49-46-43-27-24-21-18-15-12-9-6-3)78-72(75)66-63-60-57-54-51-48-45-41-31-29-26-23-20-17-14-11-8-5-2/h22,25,27,29-32,43,69H,4-21,23-24,26,28,33-42,44-68H2,1-3H3/b25-22-,31-29-,32-30-,43-27-. The molecule has 0 fully saturated rings. The molecule has 0 aromatic heterocycles. The van der Waals surface area contributed by atoms with E-state index in [0.29, 0.717) is 19.3 Å². The van der Waals surface area contributed by atoms with Crippen molar-refractivity contribution in [1.82, 2.24) is 0 Å². The lowest BCUT2D eigenvalue weighted by atomic mass is 10.0. The molecule has 0 saturated carbocycles. The van der Waals surface area contributed by atoms with Crippen LogP contribution in [0.2, 0.25) is 0 Å². The maximum atomic E-state index is 12.9. The fraction of sp³-hybridized carbons (Fsp3) is 0.847. The van der Waals surface area contributed by atoms with Gasteiger partial charge in [-0.3, -0.25) is 14.4 Å². The molecule has 0 radical (unpaired) electrons. The van der Waals surface area contributed by atoms with E-state index in [1.54, 1.807) is 0 Å². The highest BCUT2D eigenvalue weighted by atomic mass is 16.6. The zero-order valence-electron chi connectivity index (χ0n) is 52.5. The van der Waals surface area contributed by atoms with Gasteiger partial charge in [0, 0.05) is 19.3 Å². The molecule has 0 aliphatic heterocycles. The second-order valence-corrected chi connectivity index (χ2v) is 23.4. The van der Waals surface area contributed by atoms with Crippen LogP contribution in [-0.2, 0) is 28.6 Å². The van der Waals surface area contributed by atoms with Crippen molar-refractivity contribution in [3.63, 3.8) is 0 Å². The van der Waals surface area contributed by atoms with E-state index >= 15 is 0 Å². The molecule has 0 bridgehead atoms. The van der Waals surface area contributed by atoms with Gasteiger partial charge in [0.25, 0.3) is 0 Å². The normalized spacial score (nSPS) is 12.3. The van der Waals surface area contributed by atoms with Crippen molar-refractivity contribution < 1.29 is 28.6 Å². The lowest BCUT2D eigenvalue weighted by molar-refractivity contribution is -0.167. The van der Waals surface area contributed by atoms with Crippen LogP contribution in [0.3, 0.4) is 0 Å². The maximum absolute atomic E-state index is 12.9. The highest BCUT2D eigenvalue weighted by Crippen LogP contribution is 2.17. The number of ether oxygens (including phenoxy) is 3. The summed E-state index contributed by atoms with van der Waals surface area (Å²) in [6, 6.07) is 0. The molecule has 456 valence electrons. The minimum atomic E-state index is -0.779. The van der Waals surface area contributed by atoms with Crippen LogP contribution in [0.4, 0.5) is 0 Å². The van der Waals surface area contributed by atoms with Crippen molar-refractivity contribution in [3.8, 4) is 0 Å². The molecule has 0 aromatic rings. The zero-order valence-corrected chi connectivity index (χ0v) is 52.5. The van der Waals surface area contributed by atoms with Crippen molar-refractivity contribution in [2.45, 2.75) is 380 Å². The number of allylic oxidation sites excluding steroid dienone is 8. The maximum Gasteiger partial charge on any atom is 0.306 e. The van der Waals surface area contributed by atoms with E-state index in [1.165, 1.54) is 263 Å². The molecule has 78 heavy (non-hydrogen) atoms. The van der Waals surface area contributed by atoms with Gasteiger partial charge < -0.3 is 14.2 Å². The van der Waals surface area contributed by atoms with Gasteiger partial charge in [-0.05, 0) is 103 Å². The predicted octanol–water partition coefficient (Wildman–Crippen LogP) is 23.7. The summed E-state index contributed by atoms with van der Waals surface area (Å²) in [6.07, 6.45) is 84.2. The van der Waals surface area contributed by atoms with Crippen LogP contribution in [0.25, 0.3) is 0 Å². The van der Waals surface area contributed by atoms with Gasteiger partial charge in [0.15, 0.2) is 6.10 Å². The Balaban J connectivity index is 4.26. The van der Waals surface area contributed by atoms with Crippen LogP contribution in [0.15, 0.2) is 48.6 Å². The van der Waals surface area contributed by atoms with Crippen molar-refractivity contribution in [2.24, 2.45) is 0 Å². The second kappa shape index (κ2) is 66.9. The Hall–Kier alpha value is -2.63. The van der Waals surface area contributed by atoms with E-state index in [-0.39, 0.29) is 31.1 Å². The Morgan fingerprint density at radius 3 is 0.718 bits per heavy atom. The van der Waals surface area contributed by atoms with Gasteiger partial charge >= 0.3 is 17.9 Å². The summed E-state index contributed by atoms with van der Waals surface area (Å²) in [4.78, 5) is 38.4. The van der Waals surface area contributed by atoms with Crippen LogP contribution in [0.1, 0.15) is 374 Å². The molecule has 0 spiro atoms. The first kappa shape index (κ1) is 75.4. The summed E-state index contributed by atoms with van der Waals surface area (Å²) in [5, 5.41) is 0. The fourth-order valence-corrected chi connectivity index (χ4v) is 10.3. The van der Waals surface area contributed by atoms with Gasteiger partial charge in [0.1, 0.15) is 13.2 Å². The minimum Gasteiger partial charge on any atom is -0.462 e. The minimum absolute atomic E-state index is 0.0742. The monoisotopic (exact) mass is 1090 g/mol. The molecule has 0 saturated heterocycles.